The van der Waals surface area contributed by atoms with Gasteiger partial charge in [-0.1, -0.05) is 62.4 Å². The zero-order valence-corrected chi connectivity index (χ0v) is 25.7. The highest BCUT2D eigenvalue weighted by Gasteiger charge is 2.64. The van der Waals surface area contributed by atoms with Crippen LogP contribution in [0.5, 0.6) is 11.5 Å². The van der Waals surface area contributed by atoms with Crippen LogP contribution in [0.4, 0.5) is 8.78 Å². The first-order valence-corrected chi connectivity index (χ1v) is 14.8. The van der Waals surface area contributed by atoms with Crippen molar-refractivity contribution in [1.29, 1.82) is 0 Å². The highest BCUT2D eigenvalue weighted by Crippen LogP contribution is 2.48. The average molecular weight is 624 g/mol. The highest BCUT2D eigenvalue weighted by atomic mass is 19.3. The Balaban J connectivity index is 1.60. The zero-order valence-electron chi connectivity index (χ0n) is 25.7. The van der Waals surface area contributed by atoms with E-state index in [1.807, 2.05) is 6.92 Å². The molecule has 45 heavy (non-hydrogen) atoms. The molecule has 1 aliphatic rings. The topological polar surface area (TPSA) is 128 Å². The van der Waals surface area contributed by atoms with E-state index < -0.39 is 53.8 Å². The number of aromatic hydroxyl groups is 1. The maximum atomic E-state index is 15.4. The molecule has 0 spiro atoms. The number of aliphatic hydroxyl groups excluding tert-OH is 1. The van der Waals surface area contributed by atoms with E-state index in [1.165, 1.54) is 32.0 Å². The van der Waals surface area contributed by atoms with Crippen molar-refractivity contribution < 1.29 is 38.1 Å². The van der Waals surface area contributed by atoms with Gasteiger partial charge in [0.2, 0.25) is 5.91 Å². The summed E-state index contributed by atoms with van der Waals surface area (Å²) in [6.45, 7) is 5.15. The van der Waals surface area contributed by atoms with E-state index in [2.05, 4.69) is 10.6 Å². The first-order valence-electron chi connectivity index (χ1n) is 14.8. The molecule has 0 unspecified atom stereocenters. The van der Waals surface area contributed by atoms with Crippen molar-refractivity contribution in [2.24, 2.45) is 5.41 Å². The summed E-state index contributed by atoms with van der Waals surface area (Å²) in [7, 11) is 0. The number of amides is 3. The Morgan fingerprint density at radius 3 is 2.38 bits per heavy atom. The molecule has 3 aromatic rings. The molecule has 1 aliphatic heterocycles. The van der Waals surface area contributed by atoms with Gasteiger partial charge in [-0.15, -0.1) is 0 Å². The lowest BCUT2D eigenvalue weighted by atomic mass is 9.81. The van der Waals surface area contributed by atoms with Gasteiger partial charge in [0.1, 0.15) is 17.5 Å². The lowest BCUT2D eigenvalue weighted by Gasteiger charge is -2.34. The lowest BCUT2D eigenvalue weighted by molar-refractivity contribution is -0.148. The number of nitrogens with zero attached hydrogens (tertiary/aromatic N) is 1. The number of benzene rings is 3. The van der Waals surface area contributed by atoms with Crippen molar-refractivity contribution in [1.82, 2.24) is 15.5 Å². The average Bonchev–Trinajstić information content (AvgIpc) is 3.20. The van der Waals surface area contributed by atoms with E-state index in [1.54, 1.807) is 61.5 Å². The summed E-state index contributed by atoms with van der Waals surface area (Å²) >= 11 is 0. The van der Waals surface area contributed by atoms with Gasteiger partial charge in [-0.25, -0.2) is 8.78 Å². The Labute approximate surface area is 261 Å². The Morgan fingerprint density at radius 2 is 1.69 bits per heavy atom. The molecule has 240 valence electrons. The Bertz CT molecular complexity index is 1530. The summed E-state index contributed by atoms with van der Waals surface area (Å²) in [5.74, 6) is -5.59. The molecule has 3 atom stereocenters. The standard InChI is InChI=1S/C34H39F2N3O6/c1-5-45-24-14-9-13-23(17-24)19-37-31(43)29-33(3,4)34(35,36)20-39(29)32(44)28(41)26(18-22-11-7-6-8-12-22)38-30(42)25-15-10-16-27(40)21(25)2/h6-17,26,28-29,40-41H,5,18-20H2,1-4H3,(H,37,43)(H,38,42)/t26-,28-,29+/m0/s1. The van der Waals surface area contributed by atoms with Crippen LogP contribution >= 0.6 is 0 Å². The van der Waals surface area contributed by atoms with Crippen LogP contribution in [-0.2, 0) is 22.6 Å². The number of hydrogen-bond acceptors (Lipinski definition) is 6. The third-order valence-corrected chi connectivity index (χ3v) is 8.31. The number of phenols is 1. The maximum Gasteiger partial charge on any atom is 0.272 e. The fraction of sp³-hybridized carbons (Fsp3) is 0.382. The molecule has 1 saturated heterocycles. The number of halogens is 2. The Kier molecular flexibility index (Phi) is 10.1. The summed E-state index contributed by atoms with van der Waals surface area (Å²) in [6, 6.07) is 17.2. The molecule has 1 fully saturated rings. The number of nitrogens with one attached hydrogen (secondary N) is 2. The van der Waals surface area contributed by atoms with Crippen molar-refractivity contribution in [2.75, 3.05) is 13.2 Å². The van der Waals surface area contributed by atoms with Crippen LogP contribution in [-0.4, -0.2) is 70.1 Å². The molecule has 11 heteroatoms. The molecule has 0 aromatic heterocycles. The summed E-state index contributed by atoms with van der Waals surface area (Å²) in [5.41, 5.74) is -0.234. The molecule has 3 aromatic carbocycles. The van der Waals surface area contributed by atoms with Gasteiger partial charge >= 0.3 is 0 Å². The van der Waals surface area contributed by atoms with E-state index in [9.17, 15) is 24.6 Å². The fourth-order valence-electron chi connectivity index (χ4n) is 5.54. The Morgan fingerprint density at radius 1 is 1.02 bits per heavy atom. The number of likely N-dealkylation sites (tertiary alicyclic amines) is 1. The second-order valence-corrected chi connectivity index (χ2v) is 11.8. The van der Waals surface area contributed by atoms with Crippen LogP contribution in [0.25, 0.3) is 0 Å². The summed E-state index contributed by atoms with van der Waals surface area (Å²) in [6.07, 6.45) is -1.99. The first kappa shape index (κ1) is 33.4. The van der Waals surface area contributed by atoms with Crippen LogP contribution in [0.1, 0.15) is 47.8 Å². The molecule has 0 saturated carbocycles. The fourth-order valence-corrected chi connectivity index (χ4v) is 5.54. The molecule has 4 N–H and O–H groups in total. The summed E-state index contributed by atoms with van der Waals surface area (Å²) in [4.78, 5) is 41.4. The van der Waals surface area contributed by atoms with Gasteiger partial charge in [-0.2, -0.15) is 0 Å². The molecular weight excluding hydrogens is 584 g/mol. The number of alkyl halides is 2. The number of phenolic OH excluding ortho intramolecular Hbond substituents is 1. The molecule has 1 heterocycles. The van der Waals surface area contributed by atoms with Crippen LogP contribution in [0, 0.1) is 12.3 Å². The van der Waals surface area contributed by atoms with Crippen molar-refractivity contribution >= 4 is 17.7 Å². The molecule has 0 radical (unpaired) electrons. The number of carbonyl (C=O) groups is 3. The highest BCUT2D eigenvalue weighted by molar-refractivity contribution is 5.97. The zero-order chi connectivity index (χ0) is 32.9. The van der Waals surface area contributed by atoms with Gasteiger partial charge in [0.25, 0.3) is 17.7 Å². The van der Waals surface area contributed by atoms with Crippen LogP contribution in [0.3, 0.4) is 0 Å². The normalized spacial score (nSPS) is 18.1. The number of ether oxygens (including phenoxy) is 1. The molecular formula is C34H39F2N3O6. The minimum absolute atomic E-state index is 0.00154. The van der Waals surface area contributed by atoms with Crippen LogP contribution in [0.15, 0.2) is 72.8 Å². The van der Waals surface area contributed by atoms with Gasteiger partial charge < -0.3 is 30.5 Å². The maximum absolute atomic E-state index is 15.4. The third kappa shape index (κ3) is 7.25. The van der Waals surface area contributed by atoms with Gasteiger partial charge in [-0.3, -0.25) is 14.4 Å². The number of hydrogen-bond donors (Lipinski definition) is 4. The number of carbonyl (C=O) groups excluding carboxylic acids is 3. The van der Waals surface area contributed by atoms with E-state index >= 15 is 8.78 Å². The largest absolute Gasteiger partial charge is 0.508 e. The molecule has 0 aliphatic carbocycles. The second kappa shape index (κ2) is 13.6. The van der Waals surface area contributed by atoms with Crippen LogP contribution in [0.2, 0.25) is 0 Å². The van der Waals surface area contributed by atoms with E-state index in [-0.39, 0.29) is 24.3 Å². The van der Waals surface area contributed by atoms with Crippen LogP contribution < -0.4 is 15.4 Å². The van der Waals surface area contributed by atoms with Crippen molar-refractivity contribution in [2.45, 2.75) is 64.8 Å². The second-order valence-electron chi connectivity index (χ2n) is 11.8. The number of rotatable bonds is 11. The van der Waals surface area contributed by atoms with Gasteiger partial charge in [0.15, 0.2) is 6.10 Å². The SMILES string of the molecule is CCOc1cccc(CNC(=O)[C@H]2N(C(=O)[C@@H](O)[C@H](Cc3ccccc3)NC(=O)c3cccc(O)c3C)CC(F)(F)C2(C)C)c1. The Hall–Kier alpha value is -4.51. The monoisotopic (exact) mass is 623 g/mol. The van der Waals surface area contributed by atoms with E-state index in [0.29, 0.717) is 33.9 Å². The van der Waals surface area contributed by atoms with E-state index in [4.69, 9.17) is 4.74 Å². The van der Waals surface area contributed by atoms with Gasteiger partial charge in [0, 0.05) is 17.7 Å². The lowest BCUT2D eigenvalue weighted by Crippen LogP contribution is -2.57. The van der Waals surface area contributed by atoms with Gasteiger partial charge in [-0.05, 0) is 55.7 Å². The van der Waals surface area contributed by atoms with Crippen molar-refractivity contribution in [3.05, 3.63) is 95.1 Å². The summed E-state index contributed by atoms with van der Waals surface area (Å²) < 4.78 is 36.3. The smallest absolute Gasteiger partial charge is 0.272 e. The van der Waals surface area contributed by atoms with Gasteiger partial charge in [0.05, 0.1) is 24.6 Å². The molecule has 9 nitrogen and oxygen atoms in total. The van der Waals surface area contributed by atoms with Crippen molar-refractivity contribution in [3.63, 3.8) is 0 Å². The summed E-state index contributed by atoms with van der Waals surface area (Å²) in [5, 5.41) is 26.8. The third-order valence-electron chi connectivity index (χ3n) is 8.31. The minimum Gasteiger partial charge on any atom is -0.508 e. The van der Waals surface area contributed by atoms with E-state index in [0.717, 1.165) is 0 Å². The first-order chi connectivity index (χ1) is 21.3. The molecule has 3 amide bonds. The minimum atomic E-state index is -3.46. The van der Waals surface area contributed by atoms with Crippen molar-refractivity contribution in [3.8, 4) is 11.5 Å². The predicted octanol–water partition coefficient (Wildman–Crippen LogP) is 3.99. The predicted molar refractivity (Wildman–Crippen MR) is 164 cm³/mol. The quantitative estimate of drug-likeness (QED) is 0.256. The molecule has 0 bridgehead atoms. The number of aliphatic hydroxyl groups is 1. The molecule has 4 rings (SSSR count).